The number of ether oxygens (including phenoxy) is 1. The Morgan fingerprint density at radius 2 is 1.94 bits per heavy atom. The van der Waals surface area contributed by atoms with Gasteiger partial charge >= 0.3 is 0 Å². The highest BCUT2D eigenvalue weighted by atomic mass is 35.5. The molecule has 1 fully saturated rings. The maximum absolute atomic E-state index is 13.2. The van der Waals surface area contributed by atoms with Gasteiger partial charge in [0.15, 0.2) is 5.69 Å². The summed E-state index contributed by atoms with van der Waals surface area (Å²) in [6.45, 7) is 1.82. The van der Waals surface area contributed by atoms with Gasteiger partial charge in [0, 0.05) is 6.07 Å². The van der Waals surface area contributed by atoms with Crippen molar-refractivity contribution in [3.8, 4) is 11.7 Å². The fourth-order valence-electron chi connectivity index (χ4n) is 3.92. The van der Waals surface area contributed by atoms with Gasteiger partial charge in [-0.25, -0.2) is 9.97 Å². The maximum Gasteiger partial charge on any atom is 0.275 e. The van der Waals surface area contributed by atoms with E-state index in [1.165, 1.54) is 10.9 Å². The molecule has 0 atom stereocenters. The van der Waals surface area contributed by atoms with Gasteiger partial charge in [-0.1, -0.05) is 23.7 Å². The number of hydrogen-bond acceptors (Lipinski definition) is 6. The van der Waals surface area contributed by atoms with Crippen molar-refractivity contribution in [3.63, 3.8) is 0 Å². The number of fused-ring (bicyclic) bond motifs is 1. The minimum Gasteiger partial charge on any atom is -0.490 e. The van der Waals surface area contributed by atoms with Gasteiger partial charge in [-0.2, -0.15) is 0 Å². The second kappa shape index (κ2) is 10.3. The zero-order chi connectivity index (χ0) is 23.7. The molecule has 0 radical (unpaired) electrons. The Labute approximate surface area is 211 Å². The molecule has 12 heteroatoms. The van der Waals surface area contributed by atoms with Gasteiger partial charge in [-0.05, 0) is 50.2 Å². The number of piperidine rings is 1. The number of nitrogens with zero attached hydrogens (tertiary/aromatic N) is 3. The summed E-state index contributed by atoms with van der Waals surface area (Å²) in [6.07, 6.45) is 3.27. The van der Waals surface area contributed by atoms with E-state index in [2.05, 4.69) is 25.6 Å². The topological polar surface area (TPSA) is 140 Å². The number of carbonyl (C=O) groups excluding carboxylic acids is 2. The number of rotatable bonds is 6. The van der Waals surface area contributed by atoms with Crippen molar-refractivity contribution in [1.29, 1.82) is 0 Å². The largest absolute Gasteiger partial charge is 0.490 e. The number of halogens is 2. The first kappa shape index (κ1) is 24.5. The number of hydrogen-bond donors (Lipinski definition) is 4. The van der Waals surface area contributed by atoms with E-state index in [4.69, 9.17) is 22.1 Å². The van der Waals surface area contributed by atoms with Crippen LogP contribution in [0.2, 0.25) is 5.02 Å². The first-order chi connectivity index (χ1) is 16.5. The molecule has 4 aromatic rings. The lowest BCUT2D eigenvalue weighted by atomic mass is 10.1. The number of aromatic nitrogens is 4. The minimum absolute atomic E-state index is 0. The summed E-state index contributed by atoms with van der Waals surface area (Å²) in [4.78, 5) is 36.9. The van der Waals surface area contributed by atoms with E-state index >= 15 is 0 Å². The van der Waals surface area contributed by atoms with Crippen molar-refractivity contribution in [2.45, 2.75) is 18.9 Å². The predicted molar refractivity (Wildman–Crippen MR) is 135 cm³/mol. The molecule has 35 heavy (non-hydrogen) atoms. The number of anilines is 1. The molecule has 1 aliphatic rings. The summed E-state index contributed by atoms with van der Waals surface area (Å²) >= 11 is 6.43. The van der Waals surface area contributed by atoms with E-state index in [9.17, 15) is 9.59 Å². The molecule has 0 saturated carbocycles. The molecule has 0 aliphatic carbocycles. The minimum atomic E-state index is -0.836. The van der Waals surface area contributed by atoms with Gasteiger partial charge in [-0.15, -0.1) is 12.4 Å². The highest BCUT2D eigenvalue weighted by Crippen LogP contribution is 2.29. The molecule has 10 nitrogen and oxygen atoms in total. The number of para-hydroxylation sites is 2. The Balaban J connectivity index is 0.00000289. The Morgan fingerprint density at radius 1 is 1.17 bits per heavy atom. The molecule has 1 aliphatic heterocycles. The summed E-state index contributed by atoms with van der Waals surface area (Å²) in [5, 5.41) is 6.33. The molecule has 182 valence electrons. The number of aromatic amines is 1. The fourth-order valence-corrected chi connectivity index (χ4v) is 4.14. The van der Waals surface area contributed by atoms with Crippen molar-refractivity contribution in [2.75, 3.05) is 18.4 Å². The Kier molecular flexibility index (Phi) is 7.25. The number of amides is 2. The van der Waals surface area contributed by atoms with Crippen LogP contribution >= 0.6 is 24.0 Å². The monoisotopic (exact) mass is 515 g/mol. The highest BCUT2D eigenvalue weighted by molar-refractivity contribution is 6.34. The number of imidazole rings is 2. The average molecular weight is 516 g/mol. The molecule has 5 rings (SSSR count). The molecule has 2 amide bonds. The maximum atomic E-state index is 13.2. The predicted octanol–water partition coefficient (Wildman–Crippen LogP) is 3.31. The average Bonchev–Trinajstić information content (AvgIpc) is 3.46. The van der Waals surface area contributed by atoms with E-state index in [1.54, 1.807) is 18.2 Å². The third-order valence-electron chi connectivity index (χ3n) is 5.60. The second-order valence-electron chi connectivity index (χ2n) is 7.92. The lowest BCUT2D eigenvalue weighted by molar-refractivity contribution is 0.0971. The summed E-state index contributed by atoms with van der Waals surface area (Å²) in [5.41, 5.74) is 7.07. The van der Waals surface area contributed by atoms with Gasteiger partial charge in [0.25, 0.3) is 11.8 Å². The van der Waals surface area contributed by atoms with Gasteiger partial charge in [0.05, 0.1) is 21.7 Å². The molecular formula is C23H23Cl2N7O3. The molecular weight excluding hydrogens is 493 g/mol. The number of nitrogens with two attached hydrogens (primary N) is 1. The summed E-state index contributed by atoms with van der Waals surface area (Å²) in [6, 6.07) is 12.5. The first-order valence-corrected chi connectivity index (χ1v) is 11.2. The zero-order valence-corrected chi connectivity index (χ0v) is 20.0. The molecule has 2 aromatic carbocycles. The van der Waals surface area contributed by atoms with E-state index in [1.807, 2.05) is 24.3 Å². The van der Waals surface area contributed by atoms with Crippen LogP contribution in [0, 0.1) is 0 Å². The zero-order valence-electron chi connectivity index (χ0n) is 18.5. The number of nitrogens with one attached hydrogen (secondary N) is 3. The summed E-state index contributed by atoms with van der Waals surface area (Å²) in [5.74, 6) is -0.499. The van der Waals surface area contributed by atoms with Crippen molar-refractivity contribution in [1.82, 2.24) is 24.8 Å². The standard InChI is InChI=1S/C23H22ClN7O3.ClH/c24-15-11-14(34-13-7-9-26-10-8-13)5-6-16(15)28-22(33)20-19(21(25)32)27-12-31(20)23-29-17-3-1-2-4-18(17)30-23;/h1-6,11-13,26H,7-10H2,(H2,25,32)(H,28,33)(H,29,30);1H. The van der Waals surface area contributed by atoms with Crippen molar-refractivity contribution in [3.05, 3.63) is 65.2 Å². The Bertz CT molecular complexity index is 1350. The van der Waals surface area contributed by atoms with Crippen LogP contribution in [0.4, 0.5) is 5.69 Å². The van der Waals surface area contributed by atoms with Gasteiger partial charge < -0.3 is 26.1 Å². The van der Waals surface area contributed by atoms with Crippen LogP contribution in [0.1, 0.15) is 33.8 Å². The van der Waals surface area contributed by atoms with Crippen LogP contribution in [-0.4, -0.2) is 50.5 Å². The van der Waals surface area contributed by atoms with E-state index in [0.717, 1.165) is 31.4 Å². The summed E-state index contributed by atoms with van der Waals surface area (Å²) < 4.78 is 7.39. The van der Waals surface area contributed by atoms with E-state index < -0.39 is 11.8 Å². The quantitative estimate of drug-likeness (QED) is 0.310. The number of benzene rings is 2. The number of carbonyl (C=O) groups is 2. The van der Waals surface area contributed by atoms with Crippen LogP contribution in [0.25, 0.3) is 17.0 Å². The normalized spacial score (nSPS) is 13.9. The Morgan fingerprint density at radius 3 is 2.66 bits per heavy atom. The molecule has 0 spiro atoms. The highest BCUT2D eigenvalue weighted by Gasteiger charge is 2.25. The SMILES string of the molecule is Cl.NC(=O)c1ncn(-c2nc3ccccc3[nH]2)c1C(=O)Nc1ccc(OC2CCNCC2)cc1Cl. The van der Waals surface area contributed by atoms with Crippen LogP contribution in [-0.2, 0) is 0 Å². The van der Waals surface area contributed by atoms with Gasteiger partial charge in [0.2, 0.25) is 5.95 Å². The fraction of sp³-hybridized carbons (Fsp3) is 0.217. The van der Waals surface area contributed by atoms with Crippen molar-refractivity contribution < 1.29 is 14.3 Å². The molecule has 0 unspecified atom stereocenters. The van der Waals surface area contributed by atoms with Crippen LogP contribution in [0.5, 0.6) is 5.75 Å². The Hall–Kier alpha value is -3.60. The van der Waals surface area contributed by atoms with Gasteiger partial charge in [-0.3, -0.25) is 14.2 Å². The lowest BCUT2D eigenvalue weighted by Crippen LogP contribution is -2.34. The number of primary amides is 1. The summed E-state index contributed by atoms with van der Waals surface area (Å²) in [7, 11) is 0. The van der Waals surface area contributed by atoms with E-state index in [0.29, 0.717) is 27.9 Å². The second-order valence-corrected chi connectivity index (χ2v) is 8.32. The molecule has 5 N–H and O–H groups in total. The lowest BCUT2D eigenvalue weighted by Gasteiger charge is -2.24. The third-order valence-corrected chi connectivity index (χ3v) is 5.91. The first-order valence-electron chi connectivity index (χ1n) is 10.8. The molecule has 2 aromatic heterocycles. The van der Waals surface area contributed by atoms with E-state index in [-0.39, 0.29) is 29.9 Å². The third kappa shape index (κ3) is 5.09. The molecule has 3 heterocycles. The van der Waals surface area contributed by atoms with Crippen LogP contribution in [0.15, 0.2) is 48.8 Å². The smallest absolute Gasteiger partial charge is 0.275 e. The van der Waals surface area contributed by atoms with Crippen LogP contribution in [0.3, 0.4) is 0 Å². The van der Waals surface area contributed by atoms with Gasteiger partial charge in [0.1, 0.15) is 23.9 Å². The van der Waals surface area contributed by atoms with Crippen molar-refractivity contribution >= 4 is 52.5 Å². The number of H-pyrrole nitrogens is 1. The van der Waals surface area contributed by atoms with Crippen molar-refractivity contribution in [2.24, 2.45) is 5.73 Å². The van der Waals surface area contributed by atoms with Crippen LogP contribution < -0.4 is 21.1 Å². The molecule has 1 saturated heterocycles. The molecule has 0 bridgehead atoms.